The molecule has 0 aliphatic carbocycles. The molecule has 0 aromatic heterocycles. The Hall–Kier alpha value is -3.55. The van der Waals surface area contributed by atoms with Crippen LogP contribution in [0.1, 0.15) is 57.4 Å². The highest BCUT2D eigenvalue weighted by Gasteiger charge is 2.36. The Morgan fingerprint density at radius 3 is 2.06 bits per heavy atom. The molecule has 2 unspecified atom stereocenters. The minimum absolute atomic E-state index is 0.116. The number of hydrogen-bond donors (Lipinski definition) is 3. The summed E-state index contributed by atoms with van der Waals surface area (Å²) in [5.41, 5.74) is 1.92. The lowest BCUT2D eigenvalue weighted by molar-refractivity contribution is -0.140. The number of rotatable bonds is 7. The van der Waals surface area contributed by atoms with E-state index in [1.165, 1.54) is 18.0 Å². The Kier molecular flexibility index (Phi) is 8.90. The van der Waals surface area contributed by atoms with Crippen LogP contribution in [-0.2, 0) is 14.3 Å². The first-order valence-corrected chi connectivity index (χ1v) is 11.6. The number of aromatic hydroxyl groups is 1. The fourth-order valence-electron chi connectivity index (χ4n) is 3.74. The van der Waals surface area contributed by atoms with Crippen LogP contribution in [0.25, 0.3) is 0 Å². The van der Waals surface area contributed by atoms with E-state index >= 15 is 0 Å². The van der Waals surface area contributed by atoms with Gasteiger partial charge in [-0.2, -0.15) is 0 Å². The zero-order valence-electron chi connectivity index (χ0n) is 21.8. The first-order chi connectivity index (χ1) is 16.2. The van der Waals surface area contributed by atoms with Crippen molar-refractivity contribution < 1.29 is 24.2 Å². The molecule has 0 aliphatic heterocycles. The number of ether oxygens (including phenoxy) is 1. The number of aryl methyl sites for hydroxylation is 2. The molecule has 0 saturated carbocycles. The maximum atomic E-state index is 13.6. The van der Waals surface area contributed by atoms with Crippen molar-refractivity contribution in [2.24, 2.45) is 5.92 Å². The molecule has 0 aliphatic rings. The summed E-state index contributed by atoms with van der Waals surface area (Å²) in [7, 11) is 1.48. The fourth-order valence-corrected chi connectivity index (χ4v) is 3.74. The standard InChI is InChI=1S/C27H37N3O5/c1-16(2)21(29-26(34)35-27(5,6)7)25(33)30(8)23(19-14-9-10-15-20(19)31)24(32)28-22-17(3)12-11-13-18(22)4/h9-16,21,23,31H,1-8H3,(H,28,32)(H,29,34). The molecule has 0 spiro atoms. The lowest BCUT2D eigenvalue weighted by atomic mass is 9.98. The Labute approximate surface area is 207 Å². The van der Waals surface area contributed by atoms with Gasteiger partial charge in [0.05, 0.1) is 0 Å². The Morgan fingerprint density at radius 2 is 1.54 bits per heavy atom. The number of phenols is 1. The number of nitrogens with one attached hydrogen (secondary N) is 2. The summed E-state index contributed by atoms with van der Waals surface area (Å²) in [5.74, 6) is -1.38. The molecule has 0 saturated heterocycles. The third-order valence-electron chi connectivity index (χ3n) is 5.55. The number of amides is 3. The van der Waals surface area contributed by atoms with Crippen LogP contribution in [0.5, 0.6) is 5.75 Å². The normalized spacial score (nSPS) is 13.1. The SMILES string of the molecule is Cc1cccc(C)c1NC(=O)C(c1ccccc1O)N(C)C(=O)C(NC(=O)OC(C)(C)C)C(C)C. The van der Waals surface area contributed by atoms with E-state index in [2.05, 4.69) is 10.6 Å². The van der Waals surface area contributed by atoms with E-state index in [0.29, 0.717) is 5.69 Å². The Bertz CT molecular complexity index is 1050. The van der Waals surface area contributed by atoms with Gasteiger partial charge in [-0.05, 0) is 57.7 Å². The van der Waals surface area contributed by atoms with Gasteiger partial charge in [-0.3, -0.25) is 9.59 Å². The van der Waals surface area contributed by atoms with Crippen molar-refractivity contribution in [3.8, 4) is 5.75 Å². The van der Waals surface area contributed by atoms with Gasteiger partial charge in [0.1, 0.15) is 23.4 Å². The fraction of sp³-hybridized carbons (Fsp3) is 0.444. The number of carbonyl (C=O) groups excluding carboxylic acids is 3. The summed E-state index contributed by atoms with van der Waals surface area (Å²) in [6, 6.07) is 9.95. The van der Waals surface area contributed by atoms with Crippen LogP contribution in [-0.4, -0.2) is 46.6 Å². The van der Waals surface area contributed by atoms with Crippen molar-refractivity contribution >= 4 is 23.6 Å². The molecule has 2 rings (SSSR count). The predicted octanol–water partition coefficient (Wildman–Crippen LogP) is 4.70. The molecule has 0 bridgehead atoms. The summed E-state index contributed by atoms with van der Waals surface area (Å²) in [6.45, 7) is 12.5. The maximum absolute atomic E-state index is 13.6. The van der Waals surface area contributed by atoms with Crippen molar-refractivity contribution in [1.29, 1.82) is 0 Å². The number of nitrogens with zero attached hydrogens (tertiary/aromatic N) is 1. The Morgan fingerprint density at radius 1 is 0.971 bits per heavy atom. The zero-order valence-corrected chi connectivity index (χ0v) is 21.8. The quantitative estimate of drug-likeness (QED) is 0.529. The molecule has 3 amide bonds. The van der Waals surface area contributed by atoms with E-state index < -0.39 is 35.6 Å². The van der Waals surface area contributed by atoms with E-state index in [9.17, 15) is 19.5 Å². The maximum Gasteiger partial charge on any atom is 0.408 e. The third kappa shape index (κ3) is 7.21. The second-order valence-electron chi connectivity index (χ2n) is 10.0. The summed E-state index contributed by atoms with van der Waals surface area (Å²) >= 11 is 0. The molecule has 8 nitrogen and oxygen atoms in total. The second kappa shape index (κ2) is 11.3. The Balaban J connectivity index is 2.43. The van der Waals surface area contributed by atoms with Gasteiger partial charge in [-0.25, -0.2) is 4.79 Å². The summed E-state index contributed by atoms with van der Waals surface area (Å²) in [6.07, 6.45) is -0.725. The molecule has 0 heterocycles. The minimum Gasteiger partial charge on any atom is -0.508 e. The smallest absolute Gasteiger partial charge is 0.408 e. The number of likely N-dealkylation sites (N-methyl/N-ethyl adjacent to an activating group) is 1. The molecule has 3 N–H and O–H groups in total. The van der Waals surface area contributed by atoms with Crippen molar-refractivity contribution in [2.45, 2.75) is 66.2 Å². The lowest BCUT2D eigenvalue weighted by Gasteiger charge is -2.33. The molecule has 190 valence electrons. The van der Waals surface area contributed by atoms with Gasteiger partial charge in [-0.15, -0.1) is 0 Å². The number of benzene rings is 2. The third-order valence-corrected chi connectivity index (χ3v) is 5.55. The van der Waals surface area contributed by atoms with Crippen molar-refractivity contribution in [3.05, 3.63) is 59.2 Å². The van der Waals surface area contributed by atoms with Crippen molar-refractivity contribution in [3.63, 3.8) is 0 Å². The number of carbonyl (C=O) groups is 3. The van der Waals surface area contributed by atoms with Crippen molar-refractivity contribution in [1.82, 2.24) is 10.2 Å². The summed E-state index contributed by atoms with van der Waals surface area (Å²) < 4.78 is 5.33. The van der Waals surface area contributed by atoms with E-state index in [-0.39, 0.29) is 17.2 Å². The molecule has 35 heavy (non-hydrogen) atoms. The molecule has 2 atom stereocenters. The molecule has 2 aromatic carbocycles. The molecule has 2 aromatic rings. The van der Waals surface area contributed by atoms with Gasteiger partial charge in [-0.1, -0.05) is 50.2 Å². The average molecular weight is 484 g/mol. The zero-order chi connectivity index (χ0) is 26.5. The predicted molar refractivity (Wildman–Crippen MR) is 136 cm³/mol. The van der Waals surface area contributed by atoms with E-state index in [1.54, 1.807) is 52.8 Å². The minimum atomic E-state index is -1.15. The number of para-hydroxylation sites is 2. The number of phenolic OH excluding ortho intramolecular Hbond substituents is 1. The highest BCUT2D eigenvalue weighted by atomic mass is 16.6. The average Bonchev–Trinajstić information content (AvgIpc) is 2.74. The summed E-state index contributed by atoms with van der Waals surface area (Å²) in [5, 5.41) is 16.1. The van der Waals surface area contributed by atoms with Gasteiger partial charge in [0.15, 0.2) is 0 Å². The van der Waals surface area contributed by atoms with Crippen LogP contribution in [0.3, 0.4) is 0 Å². The first-order valence-electron chi connectivity index (χ1n) is 11.6. The van der Waals surface area contributed by atoms with Crippen LogP contribution < -0.4 is 10.6 Å². The first kappa shape index (κ1) is 27.7. The molecule has 0 radical (unpaired) electrons. The number of anilines is 1. The van der Waals surface area contributed by atoms with Crippen LogP contribution in [0.15, 0.2) is 42.5 Å². The number of hydrogen-bond acceptors (Lipinski definition) is 5. The van der Waals surface area contributed by atoms with E-state index in [4.69, 9.17) is 4.74 Å². The van der Waals surface area contributed by atoms with E-state index in [0.717, 1.165) is 11.1 Å². The summed E-state index contributed by atoms with van der Waals surface area (Å²) in [4.78, 5) is 40.9. The van der Waals surface area contributed by atoms with Crippen molar-refractivity contribution in [2.75, 3.05) is 12.4 Å². The molecular formula is C27H37N3O5. The second-order valence-corrected chi connectivity index (χ2v) is 10.0. The molecule has 8 heteroatoms. The van der Waals surface area contributed by atoms with Gasteiger partial charge in [0, 0.05) is 18.3 Å². The van der Waals surface area contributed by atoms with Gasteiger partial charge in [0.25, 0.3) is 5.91 Å². The van der Waals surface area contributed by atoms with Gasteiger partial charge in [0.2, 0.25) is 5.91 Å². The number of alkyl carbamates (subject to hydrolysis) is 1. The van der Waals surface area contributed by atoms with Gasteiger partial charge < -0.3 is 25.4 Å². The highest BCUT2D eigenvalue weighted by Crippen LogP contribution is 2.31. The van der Waals surface area contributed by atoms with Crippen LogP contribution in [0.2, 0.25) is 0 Å². The lowest BCUT2D eigenvalue weighted by Crippen LogP contribution is -2.53. The van der Waals surface area contributed by atoms with E-state index in [1.807, 2.05) is 32.0 Å². The van der Waals surface area contributed by atoms with Crippen LogP contribution >= 0.6 is 0 Å². The monoisotopic (exact) mass is 483 g/mol. The van der Waals surface area contributed by atoms with Crippen LogP contribution in [0.4, 0.5) is 10.5 Å². The highest BCUT2D eigenvalue weighted by molar-refractivity contribution is 6.00. The molecular weight excluding hydrogens is 446 g/mol. The topological polar surface area (TPSA) is 108 Å². The molecule has 0 fully saturated rings. The largest absolute Gasteiger partial charge is 0.508 e. The van der Waals surface area contributed by atoms with Crippen LogP contribution in [0, 0.1) is 19.8 Å². The van der Waals surface area contributed by atoms with Gasteiger partial charge >= 0.3 is 6.09 Å².